The maximum atomic E-state index is 12.3. The molecular formula is C16H12ClN3O3. The number of aromatic amines is 1. The summed E-state index contributed by atoms with van der Waals surface area (Å²) in [5.41, 5.74) is -0.295. The molecule has 7 heteroatoms. The van der Waals surface area contributed by atoms with E-state index in [2.05, 4.69) is 10.3 Å². The van der Waals surface area contributed by atoms with Crippen LogP contribution < -0.4 is 16.6 Å². The molecule has 3 rings (SSSR count). The van der Waals surface area contributed by atoms with Crippen molar-refractivity contribution in [1.82, 2.24) is 9.55 Å². The van der Waals surface area contributed by atoms with Crippen LogP contribution in [0.3, 0.4) is 0 Å². The smallest absolute Gasteiger partial charge is 0.323 e. The van der Waals surface area contributed by atoms with E-state index in [1.807, 2.05) is 0 Å². The molecule has 1 heterocycles. The van der Waals surface area contributed by atoms with Gasteiger partial charge in [0.25, 0.3) is 5.56 Å². The second-order valence-electron chi connectivity index (χ2n) is 4.90. The van der Waals surface area contributed by atoms with Crippen LogP contribution in [0.5, 0.6) is 0 Å². The quantitative estimate of drug-likeness (QED) is 0.770. The van der Waals surface area contributed by atoms with Gasteiger partial charge in [0.1, 0.15) is 6.54 Å². The number of para-hydroxylation sites is 2. The van der Waals surface area contributed by atoms with Gasteiger partial charge < -0.3 is 10.3 Å². The third kappa shape index (κ3) is 3.02. The number of hydrogen-bond donors (Lipinski definition) is 2. The number of amides is 1. The number of rotatable bonds is 3. The van der Waals surface area contributed by atoms with Crippen LogP contribution in [0.1, 0.15) is 0 Å². The van der Waals surface area contributed by atoms with Crippen molar-refractivity contribution in [3.05, 3.63) is 74.4 Å². The molecule has 0 bridgehead atoms. The van der Waals surface area contributed by atoms with Gasteiger partial charge in [-0.15, -0.1) is 0 Å². The largest absolute Gasteiger partial charge is 0.329 e. The Morgan fingerprint density at radius 3 is 2.57 bits per heavy atom. The summed E-state index contributed by atoms with van der Waals surface area (Å²) in [4.78, 5) is 39.0. The molecule has 116 valence electrons. The molecule has 0 saturated heterocycles. The van der Waals surface area contributed by atoms with Gasteiger partial charge in [-0.2, -0.15) is 0 Å². The van der Waals surface area contributed by atoms with E-state index in [1.165, 1.54) is 0 Å². The fourth-order valence-corrected chi connectivity index (χ4v) is 2.42. The van der Waals surface area contributed by atoms with Crippen molar-refractivity contribution in [3.63, 3.8) is 0 Å². The highest BCUT2D eigenvalue weighted by Gasteiger charge is 2.12. The van der Waals surface area contributed by atoms with E-state index >= 15 is 0 Å². The number of nitrogens with one attached hydrogen (secondary N) is 2. The Morgan fingerprint density at radius 1 is 1.09 bits per heavy atom. The summed E-state index contributed by atoms with van der Waals surface area (Å²) in [5.74, 6) is -0.513. The zero-order valence-corrected chi connectivity index (χ0v) is 12.6. The topological polar surface area (TPSA) is 84.0 Å². The molecule has 0 aliphatic heterocycles. The summed E-state index contributed by atoms with van der Waals surface area (Å²) >= 11 is 5.96. The predicted molar refractivity (Wildman–Crippen MR) is 88.9 cm³/mol. The highest BCUT2D eigenvalue weighted by Crippen LogP contribution is 2.20. The first-order valence-electron chi connectivity index (χ1n) is 6.82. The Hall–Kier alpha value is -2.86. The molecule has 0 radical (unpaired) electrons. The summed E-state index contributed by atoms with van der Waals surface area (Å²) in [5, 5.41) is 3.30. The van der Waals surface area contributed by atoms with Crippen LogP contribution >= 0.6 is 11.6 Å². The molecule has 23 heavy (non-hydrogen) atoms. The minimum absolute atomic E-state index is 0.345. The second kappa shape index (κ2) is 6.10. The Morgan fingerprint density at radius 2 is 1.78 bits per heavy atom. The van der Waals surface area contributed by atoms with Crippen molar-refractivity contribution in [2.75, 3.05) is 5.32 Å². The maximum Gasteiger partial charge on any atom is 0.329 e. The molecule has 3 aromatic rings. The predicted octanol–water partition coefficient (Wildman–Crippen LogP) is 1.98. The summed E-state index contributed by atoms with van der Waals surface area (Å²) < 4.78 is 0.856. The average molecular weight is 330 g/mol. The highest BCUT2D eigenvalue weighted by molar-refractivity contribution is 6.33. The second-order valence-corrected chi connectivity index (χ2v) is 5.30. The fraction of sp³-hybridized carbons (Fsp3) is 0.0625. The highest BCUT2D eigenvalue weighted by atomic mass is 35.5. The Kier molecular flexibility index (Phi) is 3.99. The number of nitrogens with zero attached hydrogens (tertiary/aromatic N) is 1. The van der Waals surface area contributed by atoms with Gasteiger partial charge in [-0.25, -0.2) is 4.79 Å². The monoisotopic (exact) mass is 329 g/mol. The molecule has 0 atom stereocenters. The lowest BCUT2D eigenvalue weighted by molar-refractivity contribution is -0.116. The van der Waals surface area contributed by atoms with Gasteiger partial charge in [0.15, 0.2) is 0 Å². The molecule has 0 aliphatic carbocycles. The van der Waals surface area contributed by atoms with Crippen LogP contribution in [-0.4, -0.2) is 15.5 Å². The summed E-state index contributed by atoms with van der Waals surface area (Å²) in [6, 6.07) is 13.3. The van der Waals surface area contributed by atoms with Crippen molar-refractivity contribution in [2.45, 2.75) is 6.54 Å². The van der Waals surface area contributed by atoms with E-state index in [9.17, 15) is 14.4 Å². The fourth-order valence-electron chi connectivity index (χ4n) is 2.24. The zero-order chi connectivity index (χ0) is 16.4. The number of H-pyrrole nitrogens is 1. The summed E-state index contributed by atoms with van der Waals surface area (Å²) in [6.07, 6.45) is 0. The van der Waals surface area contributed by atoms with E-state index in [0.29, 0.717) is 21.6 Å². The average Bonchev–Trinajstić information content (AvgIpc) is 2.54. The van der Waals surface area contributed by atoms with Gasteiger partial charge in [-0.05, 0) is 24.3 Å². The third-order valence-corrected chi connectivity index (χ3v) is 3.67. The van der Waals surface area contributed by atoms with Gasteiger partial charge in [-0.3, -0.25) is 14.2 Å². The lowest BCUT2D eigenvalue weighted by atomic mass is 10.2. The van der Waals surface area contributed by atoms with Crippen LogP contribution in [-0.2, 0) is 11.3 Å². The summed E-state index contributed by atoms with van der Waals surface area (Å²) in [6.45, 7) is -0.399. The Bertz CT molecular complexity index is 1010. The zero-order valence-electron chi connectivity index (χ0n) is 11.9. The lowest BCUT2D eigenvalue weighted by Crippen LogP contribution is -2.38. The Labute approximate surface area is 135 Å². The number of halogens is 1. The molecule has 1 amide bonds. The first-order valence-corrected chi connectivity index (χ1v) is 7.20. The van der Waals surface area contributed by atoms with E-state index in [0.717, 1.165) is 4.57 Å². The third-order valence-electron chi connectivity index (χ3n) is 3.34. The van der Waals surface area contributed by atoms with Crippen LogP contribution in [0.2, 0.25) is 5.02 Å². The minimum Gasteiger partial charge on any atom is -0.323 e. The standard InChI is InChI=1S/C16H12ClN3O3/c17-11-6-2-4-8-13(11)18-14(21)9-20-15(22)10-5-1-3-7-12(10)19-16(20)23/h1-8H,9H2,(H,18,21)(H,19,23). The van der Waals surface area contributed by atoms with Crippen molar-refractivity contribution in [2.24, 2.45) is 0 Å². The van der Waals surface area contributed by atoms with Gasteiger partial charge in [0.05, 0.1) is 21.6 Å². The maximum absolute atomic E-state index is 12.3. The van der Waals surface area contributed by atoms with Crippen molar-refractivity contribution < 1.29 is 4.79 Å². The summed E-state index contributed by atoms with van der Waals surface area (Å²) in [7, 11) is 0. The van der Waals surface area contributed by atoms with Crippen molar-refractivity contribution in [1.29, 1.82) is 0 Å². The lowest BCUT2D eigenvalue weighted by Gasteiger charge is -2.08. The first kappa shape index (κ1) is 15.1. The van der Waals surface area contributed by atoms with E-state index < -0.39 is 23.7 Å². The van der Waals surface area contributed by atoms with Crippen LogP contribution in [0.15, 0.2) is 58.1 Å². The first-order chi connectivity index (χ1) is 11.1. The molecule has 2 N–H and O–H groups in total. The van der Waals surface area contributed by atoms with Crippen molar-refractivity contribution >= 4 is 34.1 Å². The van der Waals surface area contributed by atoms with Crippen LogP contribution in [0.4, 0.5) is 5.69 Å². The normalized spacial score (nSPS) is 10.7. The van der Waals surface area contributed by atoms with E-state index in [4.69, 9.17) is 11.6 Å². The number of carbonyl (C=O) groups excluding carboxylic acids is 1. The van der Waals surface area contributed by atoms with Gasteiger partial charge >= 0.3 is 5.69 Å². The number of fused-ring (bicyclic) bond motifs is 1. The molecule has 0 saturated carbocycles. The minimum atomic E-state index is -0.636. The molecule has 0 fully saturated rings. The van der Waals surface area contributed by atoms with Gasteiger partial charge in [0.2, 0.25) is 5.91 Å². The van der Waals surface area contributed by atoms with Crippen LogP contribution in [0.25, 0.3) is 10.9 Å². The number of anilines is 1. The number of benzene rings is 2. The van der Waals surface area contributed by atoms with E-state index in [1.54, 1.807) is 48.5 Å². The van der Waals surface area contributed by atoms with Crippen molar-refractivity contribution in [3.8, 4) is 0 Å². The SMILES string of the molecule is O=C(Cn1c(=O)[nH]c2ccccc2c1=O)Nc1ccccc1Cl. The molecule has 1 aromatic heterocycles. The molecule has 0 unspecified atom stereocenters. The number of hydrogen-bond acceptors (Lipinski definition) is 3. The number of carbonyl (C=O) groups is 1. The van der Waals surface area contributed by atoms with Gasteiger partial charge in [0, 0.05) is 0 Å². The molecular weight excluding hydrogens is 318 g/mol. The van der Waals surface area contributed by atoms with Crippen LogP contribution in [0, 0.1) is 0 Å². The number of aromatic nitrogens is 2. The molecule has 6 nitrogen and oxygen atoms in total. The Balaban J connectivity index is 1.93. The van der Waals surface area contributed by atoms with Gasteiger partial charge in [-0.1, -0.05) is 35.9 Å². The van der Waals surface area contributed by atoms with E-state index in [-0.39, 0.29) is 0 Å². The molecule has 0 spiro atoms. The molecule has 2 aromatic carbocycles. The molecule has 0 aliphatic rings.